The Morgan fingerprint density at radius 1 is 0.977 bits per heavy atom. The average Bonchev–Trinajstić information content (AvgIpc) is 3.43. The maximum atomic E-state index is 13.4. The van der Waals surface area contributed by atoms with Gasteiger partial charge < -0.3 is 19.5 Å². The molecule has 2 aliphatic heterocycles. The average molecular weight is 675 g/mol. The fourth-order valence-corrected chi connectivity index (χ4v) is 6.51. The lowest BCUT2D eigenvalue weighted by Gasteiger charge is -2.33. The van der Waals surface area contributed by atoms with Gasteiger partial charge >= 0.3 is 0 Å². The molecule has 6 rings (SSSR count). The van der Waals surface area contributed by atoms with Gasteiger partial charge in [0.25, 0.3) is 5.91 Å². The highest BCUT2D eigenvalue weighted by atomic mass is 79.9. The van der Waals surface area contributed by atoms with E-state index in [1.165, 1.54) is 22.9 Å². The number of hydrogen-bond acceptors (Lipinski definition) is 5. The van der Waals surface area contributed by atoms with Gasteiger partial charge in [-0.15, -0.1) is 0 Å². The molecule has 2 saturated heterocycles. The number of hydrogen-bond donors (Lipinski definition) is 1. The fraction of sp³-hybridized carbons (Fsp3) is 0.286. The highest BCUT2D eigenvalue weighted by Gasteiger charge is 2.24. The van der Waals surface area contributed by atoms with Crippen molar-refractivity contribution >= 4 is 56.0 Å². The van der Waals surface area contributed by atoms with Crippen LogP contribution < -0.4 is 15.6 Å². The van der Waals surface area contributed by atoms with Crippen LogP contribution >= 0.6 is 27.5 Å². The molecule has 1 atom stereocenters. The fourth-order valence-electron chi connectivity index (χ4n) is 6.02. The van der Waals surface area contributed by atoms with Gasteiger partial charge in [-0.1, -0.05) is 69.5 Å². The van der Waals surface area contributed by atoms with Crippen LogP contribution in [0.5, 0.6) is 0 Å². The second-order valence-electron chi connectivity index (χ2n) is 11.4. The molecule has 0 spiro atoms. The Labute approximate surface area is 269 Å². The molecule has 0 unspecified atom stereocenters. The van der Waals surface area contributed by atoms with Crippen LogP contribution in [0, 0.1) is 0 Å². The number of amides is 2. The third kappa shape index (κ3) is 7.08. The molecule has 0 aliphatic carbocycles. The minimum atomic E-state index is -0.439. The summed E-state index contributed by atoms with van der Waals surface area (Å²) in [6.07, 6.45) is 5.98. The van der Waals surface area contributed by atoms with Crippen molar-refractivity contribution in [2.24, 2.45) is 0 Å². The van der Waals surface area contributed by atoms with Crippen LogP contribution in [0.25, 0.3) is 11.0 Å². The summed E-state index contributed by atoms with van der Waals surface area (Å²) in [5.74, 6) is -0.230. The maximum Gasteiger partial charge on any atom is 0.287 e. The van der Waals surface area contributed by atoms with Crippen molar-refractivity contribution in [3.63, 3.8) is 0 Å². The summed E-state index contributed by atoms with van der Waals surface area (Å²) in [7, 11) is 0. The van der Waals surface area contributed by atoms with E-state index in [1.807, 2.05) is 35.2 Å². The van der Waals surface area contributed by atoms with Gasteiger partial charge in [0.05, 0.1) is 11.4 Å². The number of nitrogens with zero attached hydrogens (tertiary/aromatic N) is 2. The van der Waals surface area contributed by atoms with E-state index in [9.17, 15) is 14.4 Å². The predicted octanol–water partition coefficient (Wildman–Crippen LogP) is 6.90. The molecular formula is C35H33BrClN3O4. The molecule has 226 valence electrons. The van der Waals surface area contributed by atoms with Crippen LogP contribution in [0.15, 0.2) is 98.1 Å². The van der Waals surface area contributed by atoms with Crippen LogP contribution in [0.1, 0.15) is 47.4 Å². The number of fused-ring (bicyclic) bond motifs is 1. The molecule has 2 aliphatic rings. The molecule has 3 aromatic carbocycles. The summed E-state index contributed by atoms with van der Waals surface area (Å²) in [6.45, 7) is 3.15. The highest BCUT2D eigenvalue weighted by Crippen LogP contribution is 2.29. The Kier molecular flexibility index (Phi) is 9.19. The Morgan fingerprint density at radius 3 is 2.50 bits per heavy atom. The number of benzene rings is 3. The monoisotopic (exact) mass is 673 g/mol. The van der Waals surface area contributed by atoms with Crippen molar-refractivity contribution in [2.75, 3.05) is 24.5 Å². The van der Waals surface area contributed by atoms with Crippen LogP contribution in [-0.4, -0.2) is 42.4 Å². The lowest BCUT2D eigenvalue weighted by Crippen LogP contribution is -2.37. The molecule has 1 N–H and O–H groups in total. The van der Waals surface area contributed by atoms with E-state index in [1.54, 1.807) is 18.2 Å². The summed E-state index contributed by atoms with van der Waals surface area (Å²) in [5.41, 5.74) is 4.73. The summed E-state index contributed by atoms with van der Waals surface area (Å²) in [6, 6.07) is 22.0. The molecule has 2 amide bonds. The van der Waals surface area contributed by atoms with Crippen molar-refractivity contribution in [1.82, 2.24) is 10.2 Å². The largest absolute Gasteiger partial charge is 0.451 e. The smallest absolute Gasteiger partial charge is 0.287 e. The quantitative estimate of drug-likeness (QED) is 0.206. The van der Waals surface area contributed by atoms with Gasteiger partial charge in [-0.2, -0.15) is 0 Å². The van der Waals surface area contributed by atoms with Crippen LogP contribution in [0.4, 0.5) is 5.69 Å². The van der Waals surface area contributed by atoms with Crippen molar-refractivity contribution in [2.45, 2.75) is 44.7 Å². The molecule has 44 heavy (non-hydrogen) atoms. The first kappa shape index (κ1) is 30.2. The van der Waals surface area contributed by atoms with E-state index in [0.717, 1.165) is 48.9 Å². The van der Waals surface area contributed by atoms with Gasteiger partial charge in [0, 0.05) is 53.8 Å². The lowest BCUT2D eigenvalue weighted by atomic mass is 9.97. The van der Waals surface area contributed by atoms with E-state index in [2.05, 4.69) is 50.4 Å². The second kappa shape index (κ2) is 13.4. The molecule has 7 nitrogen and oxygen atoms in total. The standard InChI is InChI=1S/C35H33BrClN3O4/c36-26-9-12-32-29(20-26)31(41)21-33(44-32)35(43)38-28(18-23-7-10-27(37)11-8-23)19-24-13-16-39(17-14-24)30-5-2-1-4-25(30)22-40-15-3-6-34(40)42/h1-2,4-5,7-12,19-21,28H,3,6,13-18,22H2,(H,38,43)/t28-/m1/s1. The number of likely N-dealkylation sites (tertiary alicyclic amines) is 1. The molecule has 3 heterocycles. The molecule has 4 aromatic rings. The highest BCUT2D eigenvalue weighted by molar-refractivity contribution is 9.10. The number of carbonyl (C=O) groups is 2. The Balaban J connectivity index is 1.19. The molecule has 9 heteroatoms. The molecule has 0 radical (unpaired) electrons. The van der Waals surface area contributed by atoms with E-state index in [-0.39, 0.29) is 23.1 Å². The topological polar surface area (TPSA) is 82.9 Å². The van der Waals surface area contributed by atoms with Gasteiger partial charge in [0.2, 0.25) is 5.91 Å². The van der Waals surface area contributed by atoms with E-state index in [4.69, 9.17) is 16.0 Å². The van der Waals surface area contributed by atoms with Gasteiger partial charge in [0.15, 0.2) is 11.2 Å². The van der Waals surface area contributed by atoms with Gasteiger partial charge in [-0.05, 0) is 73.2 Å². The number of anilines is 1. The molecular weight excluding hydrogens is 642 g/mol. The van der Waals surface area contributed by atoms with Crippen molar-refractivity contribution in [1.29, 1.82) is 0 Å². The SMILES string of the molecule is O=C(N[C@@H](C=C1CCN(c2ccccc2CN2CCCC2=O)CC1)Cc1ccc(Cl)cc1)c1cc(=O)c2cc(Br)ccc2o1. The van der Waals surface area contributed by atoms with Crippen molar-refractivity contribution in [3.8, 4) is 0 Å². The van der Waals surface area contributed by atoms with Gasteiger partial charge in [0.1, 0.15) is 5.58 Å². The first-order valence-electron chi connectivity index (χ1n) is 14.9. The Morgan fingerprint density at radius 2 is 1.75 bits per heavy atom. The normalized spacial score (nSPS) is 16.0. The van der Waals surface area contributed by atoms with Gasteiger partial charge in [-0.25, -0.2) is 0 Å². The van der Waals surface area contributed by atoms with Gasteiger partial charge in [-0.3, -0.25) is 14.4 Å². The molecule has 2 fully saturated rings. The minimum Gasteiger partial charge on any atom is -0.451 e. The minimum absolute atomic E-state index is 0.0211. The summed E-state index contributed by atoms with van der Waals surface area (Å²) in [5, 5.41) is 4.17. The molecule has 0 saturated carbocycles. The number of piperidine rings is 1. The third-order valence-corrected chi connectivity index (χ3v) is 9.05. The number of rotatable bonds is 8. The zero-order valence-electron chi connectivity index (χ0n) is 24.2. The maximum absolute atomic E-state index is 13.4. The zero-order valence-corrected chi connectivity index (χ0v) is 26.6. The summed E-state index contributed by atoms with van der Waals surface area (Å²) < 4.78 is 6.61. The summed E-state index contributed by atoms with van der Waals surface area (Å²) in [4.78, 5) is 42.8. The predicted molar refractivity (Wildman–Crippen MR) is 177 cm³/mol. The summed E-state index contributed by atoms with van der Waals surface area (Å²) >= 11 is 9.50. The van der Waals surface area contributed by atoms with Crippen LogP contribution in [-0.2, 0) is 17.8 Å². The molecule has 1 aromatic heterocycles. The second-order valence-corrected chi connectivity index (χ2v) is 12.7. The van der Waals surface area contributed by atoms with Crippen LogP contribution in [0.2, 0.25) is 5.02 Å². The van der Waals surface area contributed by atoms with E-state index in [0.29, 0.717) is 35.4 Å². The lowest BCUT2D eigenvalue weighted by molar-refractivity contribution is -0.128. The van der Waals surface area contributed by atoms with E-state index >= 15 is 0 Å². The number of carbonyl (C=O) groups excluding carboxylic acids is 2. The molecule has 0 bridgehead atoms. The third-order valence-electron chi connectivity index (χ3n) is 8.31. The number of nitrogens with one attached hydrogen (secondary N) is 1. The zero-order chi connectivity index (χ0) is 30.6. The Hall–Kier alpha value is -3.88. The number of para-hydroxylation sites is 1. The first-order chi connectivity index (χ1) is 21.3. The Bertz CT molecular complexity index is 1780. The first-order valence-corrected chi connectivity index (χ1v) is 16.1. The van der Waals surface area contributed by atoms with Crippen molar-refractivity contribution < 1.29 is 14.0 Å². The van der Waals surface area contributed by atoms with E-state index < -0.39 is 5.91 Å². The van der Waals surface area contributed by atoms with Crippen LogP contribution in [0.3, 0.4) is 0 Å². The number of halogens is 2. The van der Waals surface area contributed by atoms with Crippen molar-refractivity contribution in [3.05, 3.63) is 121 Å².